The van der Waals surface area contributed by atoms with E-state index in [0.717, 1.165) is 33.9 Å². The first kappa shape index (κ1) is 14.3. The summed E-state index contributed by atoms with van der Waals surface area (Å²) in [7, 11) is 1.85. The second kappa shape index (κ2) is 6.02. The molecule has 112 valence electrons. The fraction of sp³-hybridized carbons (Fsp3) is 0.222. The van der Waals surface area contributed by atoms with E-state index < -0.39 is 0 Å². The Morgan fingerprint density at radius 1 is 1.23 bits per heavy atom. The standard InChI is InChI=1S/C18H20N4/c1-4-13-7-15(10-21-18(13)19-3)16-8-17(11-20-9-16)22-12(2)14-5-6-14/h4,7-11,14,22H,1-2,5-6H2,3H3,(H,19,21). The number of allylic oxidation sites excluding steroid dienone is 1. The van der Waals surface area contributed by atoms with Gasteiger partial charge >= 0.3 is 0 Å². The first-order chi connectivity index (χ1) is 10.7. The van der Waals surface area contributed by atoms with Crippen molar-refractivity contribution >= 4 is 17.6 Å². The summed E-state index contributed by atoms with van der Waals surface area (Å²) in [5.41, 5.74) is 5.05. The zero-order valence-electron chi connectivity index (χ0n) is 12.8. The number of hydrogen-bond donors (Lipinski definition) is 2. The topological polar surface area (TPSA) is 49.8 Å². The first-order valence-corrected chi connectivity index (χ1v) is 7.42. The second-order valence-electron chi connectivity index (χ2n) is 5.50. The summed E-state index contributed by atoms with van der Waals surface area (Å²) in [5.74, 6) is 1.44. The molecule has 3 rings (SSSR count). The summed E-state index contributed by atoms with van der Waals surface area (Å²) < 4.78 is 0. The number of aromatic nitrogens is 2. The zero-order valence-corrected chi connectivity index (χ0v) is 12.8. The van der Waals surface area contributed by atoms with Crippen molar-refractivity contribution in [3.8, 4) is 11.1 Å². The van der Waals surface area contributed by atoms with Crippen molar-refractivity contribution in [2.24, 2.45) is 5.92 Å². The minimum absolute atomic E-state index is 0.618. The van der Waals surface area contributed by atoms with Crippen LogP contribution in [0, 0.1) is 5.92 Å². The van der Waals surface area contributed by atoms with Crippen LogP contribution in [0.3, 0.4) is 0 Å². The van der Waals surface area contributed by atoms with Crippen LogP contribution in [0.1, 0.15) is 18.4 Å². The SMILES string of the molecule is C=Cc1cc(-c2cncc(NC(=C)C3CC3)c2)cnc1NC. The monoisotopic (exact) mass is 292 g/mol. The highest BCUT2D eigenvalue weighted by Crippen LogP contribution is 2.36. The molecule has 22 heavy (non-hydrogen) atoms. The number of hydrogen-bond acceptors (Lipinski definition) is 4. The summed E-state index contributed by atoms with van der Waals surface area (Å²) >= 11 is 0. The third kappa shape index (κ3) is 3.01. The largest absolute Gasteiger partial charge is 0.373 e. The molecule has 0 atom stereocenters. The van der Waals surface area contributed by atoms with E-state index >= 15 is 0 Å². The van der Waals surface area contributed by atoms with Gasteiger partial charge in [-0.3, -0.25) is 4.98 Å². The van der Waals surface area contributed by atoms with Gasteiger partial charge in [-0.05, 0) is 30.9 Å². The van der Waals surface area contributed by atoms with Gasteiger partial charge in [0.15, 0.2) is 0 Å². The minimum atomic E-state index is 0.618. The second-order valence-corrected chi connectivity index (χ2v) is 5.50. The van der Waals surface area contributed by atoms with E-state index in [2.05, 4.69) is 45.9 Å². The summed E-state index contributed by atoms with van der Waals surface area (Å²) in [6.45, 7) is 7.93. The maximum Gasteiger partial charge on any atom is 0.132 e. The molecule has 0 amide bonds. The Balaban J connectivity index is 1.87. The molecule has 4 nitrogen and oxygen atoms in total. The van der Waals surface area contributed by atoms with Crippen molar-refractivity contribution in [1.29, 1.82) is 0 Å². The normalized spacial score (nSPS) is 13.5. The van der Waals surface area contributed by atoms with Gasteiger partial charge in [0, 0.05) is 41.8 Å². The predicted molar refractivity (Wildman–Crippen MR) is 92.6 cm³/mol. The summed E-state index contributed by atoms with van der Waals surface area (Å²) in [5, 5.41) is 6.42. The van der Waals surface area contributed by atoms with Crippen molar-refractivity contribution in [1.82, 2.24) is 9.97 Å². The van der Waals surface area contributed by atoms with Gasteiger partial charge in [-0.1, -0.05) is 19.2 Å². The Morgan fingerprint density at radius 2 is 2.00 bits per heavy atom. The van der Waals surface area contributed by atoms with Gasteiger partial charge in [0.1, 0.15) is 5.82 Å². The molecule has 2 N–H and O–H groups in total. The van der Waals surface area contributed by atoms with Crippen molar-refractivity contribution in [3.63, 3.8) is 0 Å². The Labute approximate surface area is 131 Å². The number of rotatable bonds is 6. The van der Waals surface area contributed by atoms with Crippen LogP contribution in [0.2, 0.25) is 0 Å². The van der Waals surface area contributed by atoms with Gasteiger partial charge in [0.2, 0.25) is 0 Å². The third-order valence-corrected chi connectivity index (χ3v) is 3.82. The van der Waals surface area contributed by atoms with E-state index in [4.69, 9.17) is 0 Å². The Hall–Kier alpha value is -2.62. The van der Waals surface area contributed by atoms with E-state index in [0.29, 0.717) is 5.92 Å². The zero-order chi connectivity index (χ0) is 15.5. The lowest BCUT2D eigenvalue weighted by molar-refractivity contribution is 1.02. The number of pyridine rings is 2. The molecule has 0 saturated heterocycles. The summed E-state index contributed by atoms with van der Waals surface area (Å²) in [6, 6.07) is 4.13. The molecule has 0 aromatic carbocycles. The number of nitrogens with zero attached hydrogens (tertiary/aromatic N) is 2. The molecule has 0 bridgehead atoms. The van der Waals surface area contributed by atoms with Crippen molar-refractivity contribution in [2.45, 2.75) is 12.8 Å². The van der Waals surface area contributed by atoms with Gasteiger partial charge in [-0.15, -0.1) is 0 Å². The number of anilines is 2. The van der Waals surface area contributed by atoms with Crippen LogP contribution < -0.4 is 10.6 Å². The van der Waals surface area contributed by atoms with Crippen LogP contribution in [0.15, 0.2) is 49.6 Å². The van der Waals surface area contributed by atoms with E-state index in [-0.39, 0.29) is 0 Å². The molecule has 1 saturated carbocycles. The molecular weight excluding hydrogens is 272 g/mol. The molecule has 1 aliphatic carbocycles. The fourth-order valence-corrected chi connectivity index (χ4v) is 2.39. The highest BCUT2D eigenvalue weighted by atomic mass is 15.0. The van der Waals surface area contributed by atoms with Gasteiger partial charge in [0.05, 0.1) is 11.9 Å². The van der Waals surface area contributed by atoms with Gasteiger partial charge in [-0.25, -0.2) is 4.98 Å². The van der Waals surface area contributed by atoms with E-state index in [1.54, 1.807) is 6.08 Å². The average molecular weight is 292 g/mol. The van der Waals surface area contributed by atoms with Crippen LogP contribution in [0.5, 0.6) is 0 Å². The van der Waals surface area contributed by atoms with Gasteiger partial charge in [0.25, 0.3) is 0 Å². The lowest BCUT2D eigenvalue weighted by atomic mass is 10.1. The molecule has 1 aliphatic rings. The molecule has 2 aromatic heterocycles. The van der Waals surface area contributed by atoms with Crippen LogP contribution >= 0.6 is 0 Å². The smallest absolute Gasteiger partial charge is 0.132 e. The van der Waals surface area contributed by atoms with Crippen LogP contribution in [0.25, 0.3) is 17.2 Å². The van der Waals surface area contributed by atoms with E-state index in [1.807, 2.05) is 25.6 Å². The minimum Gasteiger partial charge on any atom is -0.373 e. The number of nitrogens with one attached hydrogen (secondary N) is 2. The molecule has 1 fully saturated rings. The fourth-order valence-electron chi connectivity index (χ4n) is 2.39. The molecule has 0 radical (unpaired) electrons. The van der Waals surface area contributed by atoms with E-state index in [1.165, 1.54) is 12.8 Å². The molecule has 2 aromatic rings. The van der Waals surface area contributed by atoms with E-state index in [9.17, 15) is 0 Å². The lowest BCUT2D eigenvalue weighted by Crippen LogP contribution is -2.00. The Bertz CT molecular complexity index is 717. The molecule has 0 aliphatic heterocycles. The average Bonchev–Trinajstić information content (AvgIpc) is 3.39. The highest BCUT2D eigenvalue weighted by molar-refractivity contribution is 5.73. The van der Waals surface area contributed by atoms with Crippen molar-refractivity contribution < 1.29 is 0 Å². The maximum absolute atomic E-state index is 4.43. The molecule has 4 heteroatoms. The molecule has 0 spiro atoms. The van der Waals surface area contributed by atoms with Crippen molar-refractivity contribution in [2.75, 3.05) is 17.7 Å². The molecular formula is C18H20N4. The maximum atomic E-state index is 4.43. The lowest BCUT2D eigenvalue weighted by Gasteiger charge is -2.11. The quantitative estimate of drug-likeness (QED) is 0.839. The van der Waals surface area contributed by atoms with Crippen LogP contribution in [0.4, 0.5) is 11.5 Å². The highest BCUT2D eigenvalue weighted by Gasteiger charge is 2.24. The Morgan fingerprint density at radius 3 is 2.68 bits per heavy atom. The van der Waals surface area contributed by atoms with Gasteiger partial charge < -0.3 is 10.6 Å². The molecule has 2 heterocycles. The predicted octanol–water partition coefficient (Wildman–Crippen LogP) is 4.16. The Kier molecular flexibility index (Phi) is 3.92. The first-order valence-electron chi connectivity index (χ1n) is 7.42. The van der Waals surface area contributed by atoms with Crippen LogP contribution in [-0.4, -0.2) is 17.0 Å². The third-order valence-electron chi connectivity index (χ3n) is 3.82. The summed E-state index contributed by atoms with van der Waals surface area (Å²) in [4.78, 5) is 8.74. The van der Waals surface area contributed by atoms with Crippen molar-refractivity contribution in [3.05, 3.63) is 55.1 Å². The molecule has 0 unspecified atom stereocenters. The van der Waals surface area contributed by atoms with Crippen LogP contribution in [-0.2, 0) is 0 Å². The summed E-state index contributed by atoms with van der Waals surface area (Å²) in [6.07, 6.45) is 9.77. The van der Waals surface area contributed by atoms with Gasteiger partial charge in [-0.2, -0.15) is 0 Å².